The third kappa shape index (κ3) is 4.33. The SMILES string of the molecule is CNc1cc(F)cc2c1[nH]c1ncc(-c3ccc4ccc(C(=O)O)c(=O)n4c3)c(N3CCO[C@@H](CN(C)C)C3)c12. The van der Waals surface area contributed by atoms with Crippen LogP contribution in [0.15, 0.2) is 53.6 Å². The minimum Gasteiger partial charge on any atom is -0.477 e. The number of anilines is 2. The summed E-state index contributed by atoms with van der Waals surface area (Å²) in [7, 11) is 5.74. The fourth-order valence-corrected chi connectivity index (χ4v) is 5.60. The highest BCUT2D eigenvalue weighted by Gasteiger charge is 2.27. The van der Waals surface area contributed by atoms with Gasteiger partial charge in [0.2, 0.25) is 0 Å². The van der Waals surface area contributed by atoms with Crippen molar-refractivity contribution in [2.24, 2.45) is 0 Å². The lowest BCUT2D eigenvalue weighted by Crippen LogP contribution is -2.46. The number of carbonyl (C=O) groups is 1. The highest BCUT2D eigenvalue weighted by atomic mass is 19.1. The molecule has 1 aliphatic rings. The number of pyridine rings is 3. The van der Waals surface area contributed by atoms with Gasteiger partial charge < -0.3 is 29.9 Å². The van der Waals surface area contributed by atoms with Crippen LogP contribution in [-0.2, 0) is 4.74 Å². The number of aromatic amines is 1. The van der Waals surface area contributed by atoms with E-state index in [1.165, 1.54) is 22.6 Å². The smallest absolute Gasteiger partial charge is 0.341 e. The zero-order valence-electron chi connectivity index (χ0n) is 22.4. The second kappa shape index (κ2) is 9.92. The maximum absolute atomic E-state index is 14.8. The fourth-order valence-electron chi connectivity index (χ4n) is 5.60. The third-order valence-electron chi connectivity index (χ3n) is 7.35. The lowest BCUT2D eigenvalue weighted by atomic mass is 10.0. The van der Waals surface area contributed by atoms with Gasteiger partial charge in [0, 0.05) is 61.1 Å². The molecule has 10 nitrogen and oxygen atoms in total. The van der Waals surface area contributed by atoms with Crippen LogP contribution in [-0.4, -0.2) is 83.8 Å². The van der Waals surface area contributed by atoms with Crippen molar-refractivity contribution < 1.29 is 19.0 Å². The summed E-state index contributed by atoms with van der Waals surface area (Å²) in [5.41, 5.74) is 3.87. The first-order chi connectivity index (χ1) is 19.2. The summed E-state index contributed by atoms with van der Waals surface area (Å²) in [6, 6.07) is 9.53. The van der Waals surface area contributed by atoms with Gasteiger partial charge in [-0.2, -0.15) is 0 Å². The van der Waals surface area contributed by atoms with Gasteiger partial charge in [-0.15, -0.1) is 0 Å². The number of likely N-dealkylation sites (N-methyl/N-ethyl adjacent to an activating group) is 1. The van der Waals surface area contributed by atoms with E-state index in [2.05, 4.69) is 20.1 Å². The number of benzene rings is 1. The molecule has 0 spiro atoms. The largest absolute Gasteiger partial charge is 0.477 e. The Kier molecular flexibility index (Phi) is 6.40. The summed E-state index contributed by atoms with van der Waals surface area (Å²) >= 11 is 0. The molecular formula is C29H29FN6O4. The standard InChI is InChI=1S/C29H29FN6O4/c1-31-23-11-17(30)10-21-24-26(35-8-9-40-19(15-35)14-34(2)3)22(12-32-27(24)33-25(21)23)16-4-5-18-6-7-20(29(38)39)28(37)36(18)13-16/h4-7,10-13,19,31H,8-9,14-15H2,1-3H3,(H,32,33)(H,38,39)/t19-/m0/s1. The maximum Gasteiger partial charge on any atom is 0.341 e. The van der Waals surface area contributed by atoms with Crippen LogP contribution in [0, 0.1) is 5.82 Å². The quantitative estimate of drug-likeness (QED) is 0.297. The van der Waals surface area contributed by atoms with Crippen molar-refractivity contribution in [3.8, 4) is 11.1 Å². The van der Waals surface area contributed by atoms with Crippen LogP contribution in [0.4, 0.5) is 15.8 Å². The minimum absolute atomic E-state index is 0.0491. The first-order valence-electron chi connectivity index (χ1n) is 13.0. The van der Waals surface area contributed by atoms with Gasteiger partial charge in [-0.05, 0) is 44.4 Å². The topological polar surface area (TPSA) is 115 Å². The first kappa shape index (κ1) is 25.8. The molecule has 4 aromatic heterocycles. The Morgan fingerprint density at radius 3 is 2.83 bits per heavy atom. The van der Waals surface area contributed by atoms with E-state index in [1.807, 2.05) is 20.2 Å². The number of carboxylic acid groups (broad SMARTS) is 1. The van der Waals surface area contributed by atoms with Crippen LogP contribution >= 0.6 is 0 Å². The first-order valence-corrected chi connectivity index (χ1v) is 13.0. The monoisotopic (exact) mass is 544 g/mol. The Bertz CT molecular complexity index is 1850. The van der Waals surface area contributed by atoms with Crippen LogP contribution in [0.1, 0.15) is 10.4 Å². The Labute approximate surface area is 228 Å². The Hall–Kier alpha value is -4.48. The van der Waals surface area contributed by atoms with Crippen LogP contribution in [0.25, 0.3) is 38.6 Å². The van der Waals surface area contributed by atoms with Gasteiger partial charge >= 0.3 is 5.97 Å². The molecule has 1 aromatic carbocycles. The lowest BCUT2D eigenvalue weighted by molar-refractivity contribution is 0.0249. The average molecular weight is 545 g/mol. The van der Waals surface area contributed by atoms with Crippen LogP contribution < -0.4 is 15.8 Å². The molecule has 0 unspecified atom stereocenters. The summed E-state index contributed by atoms with van der Waals surface area (Å²) in [5.74, 6) is -1.66. The van der Waals surface area contributed by atoms with Crippen LogP contribution in [0.2, 0.25) is 0 Å². The summed E-state index contributed by atoms with van der Waals surface area (Å²) in [6.45, 7) is 2.45. The predicted molar refractivity (Wildman–Crippen MR) is 153 cm³/mol. The van der Waals surface area contributed by atoms with Gasteiger partial charge in [-0.25, -0.2) is 14.2 Å². The molecule has 40 heavy (non-hydrogen) atoms. The molecule has 1 atom stereocenters. The minimum atomic E-state index is -1.28. The highest BCUT2D eigenvalue weighted by molar-refractivity contribution is 6.17. The normalized spacial score (nSPS) is 15.9. The number of hydrogen-bond acceptors (Lipinski definition) is 7. The molecule has 6 rings (SSSR count). The van der Waals surface area contributed by atoms with E-state index in [1.54, 1.807) is 31.6 Å². The number of hydrogen-bond donors (Lipinski definition) is 3. The van der Waals surface area contributed by atoms with Gasteiger partial charge in [0.1, 0.15) is 17.0 Å². The number of morpholine rings is 1. The molecule has 3 N–H and O–H groups in total. The van der Waals surface area contributed by atoms with Gasteiger partial charge in [0.05, 0.1) is 35.0 Å². The second-order valence-corrected chi connectivity index (χ2v) is 10.3. The molecular weight excluding hydrogens is 515 g/mol. The highest BCUT2D eigenvalue weighted by Crippen LogP contribution is 2.42. The molecule has 1 saturated heterocycles. The summed E-state index contributed by atoms with van der Waals surface area (Å²) in [4.78, 5) is 37.0. The number of nitrogens with one attached hydrogen (secondary N) is 2. The van der Waals surface area contributed by atoms with E-state index in [0.29, 0.717) is 47.5 Å². The number of halogens is 1. The maximum atomic E-state index is 14.8. The number of ether oxygens (including phenoxy) is 1. The van der Waals surface area contributed by atoms with Crippen molar-refractivity contribution in [3.63, 3.8) is 0 Å². The number of carboxylic acids is 1. The Morgan fingerprint density at radius 1 is 1.27 bits per heavy atom. The lowest BCUT2D eigenvalue weighted by Gasteiger charge is -2.37. The van der Waals surface area contributed by atoms with Crippen molar-refractivity contribution in [2.75, 3.05) is 57.6 Å². The van der Waals surface area contributed by atoms with Gasteiger partial charge in [-0.1, -0.05) is 6.07 Å². The van der Waals surface area contributed by atoms with Crippen molar-refractivity contribution >= 4 is 44.8 Å². The van der Waals surface area contributed by atoms with Gasteiger partial charge in [-0.3, -0.25) is 9.20 Å². The number of fused-ring (bicyclic) bond motifs is 4. The van der Waals surface area contributed by atoms with E-state index >= 15 is 0 Å². The molecule has 5 aromatic rings. The van der Waals surface area contributed by atoms with E-state index in [4.69, 9.17) is 9.72 Å². The van der Waals surface area contributed by atoms with Crippen molar-refractivity contribution in [2.45, 2.75) is 6.10 Å². The summed E-state index contributed by atoms with van der Waals surface area (Å²) < 4.78 is 22.2. The average Bonchev–Trinajstić information content (AvgIpc) is 3.30. The Morgan fingerprint density at radius 2 is 2.08 bits per heavy atom. The molecule has 0 amide bonds. The predicted octanol–water partition coefficient (Wildman–Crippen LogP) is 3.64. The number of H-pyrrole nitrogens is 1. The third-order valence-corrected chi connectivity index (χ3v) is 7.35. The van der Waals surface area contributed by atoms with Gasteiger partial charge in [0.25, 0.3) is 5.56 Å². The molecule has 1 fully saturated rings. The van der Waals surface area contributed by atoms with Crippen LogP contribution in [0.3, 0.4) is 0 Å². The fraction of sp³-hybridized carbons (Fsp3) is 0.276. The van der Waals surface area contributed by atoms with E-state index in [0.717, 1.165) is 28.7 Å². The molecule has 1 aliphatic heterocycles. The number of aromatic carboxylic acids is 1. The van der Waals surface area contributed by atoms with Crippen molar-refractivity contribution in [1.29, 1.82) is 0 Å². The van der Waals surface area contributed by atoms with E-state index in [9.17, 15) is 19.1 Å². The van der Waals surface area contributed by atoms with Crippen LogP contribution in [0.5, 0.6) is 0 Å². The zero-order valence-corrected chi connectivity index (χ0v) is 22.4. The summed E-state index contributed by atoms with van der Waals surface area (Å²) in [6.07, 6.45) is 3.33. The molecule has 206 valence electrons. The van der Waals surface area contributed by atoms with Crippen molar-refractivity contribution in [3.05, 3.63) is 70.5 Å². The van der Waals surface area contributed by atoms with Crippen molar-refractivity contribution in [1.82, 2.24) is 19.3 Å². The molecule has 0 bridgehead atoms. The molecule has 0 radical (unpaired) electrons. The zero-order chi connectivity index (χ0) is 28.1. The number of rotatable bonds is 6. The molecule has 11 heteroatoms. The summed E-state index contributed by atoms with van der Waals surface area (Å²) in [5, 5.41) is 14.0. The van der Waals surface area contributed by atoms with Gasteiger partial charge in [0.15, 0.2) is 0 Å². The number of aromatic nitrogens is 3. The van der Waals surface area contributed by atoms with E-state index < -0.39 is 11.5 Å². The number of nitrogens with zero attached hydrogens (tertiary/aromatic N) is 4. The van der Waals surface area contributed by atoms with E-state index in [-0.39, 0.29) is 17.5 Å². The second-order valence-electron chi connectivity index (χ2n) is 10.3. The molecule has 5 heterocycles. The Balaban J connectivity index is 1.63. The molecule has 0 saturated carbocycles. The molecule has 0 aliphatic carbocycles.